The zero-order valence-electron chi connectivity index (χ0n) is 9.41. The van der Waals surface area contributed by atoms with E-state index in [2.05, 4.69) is 9.97 Å². The average molecular weight is 282 g/mol. The number of hydrogen-bond acceptors (Lipinski definition) is 6. The maximum Gasteiger partial charge on any atom is 0.318 e. The zero-order valence-corrected chi connectivity index (χ0v) is 11.0. The fourth-order valence-corrected chi connectivity index (χ4v) is 3.13. The predicted molar refractivity (Wildman–Crippen MR) is 70.5 cm³/mol. The van der Waals surface area contributed by atoms with Crippen LogP contribution >= 0.6 is 23.1 Å². The molecule has 0 aliphatic rings. The quantitative estimate of drug-likeness (QED) is 0.654. The van der Waals surface area contributed by atoms with Crippen LogP contribution in [0.1, 0.15) is 6.92 Å². The van der Waals surface area contributed by atoms with E-state index < -0.39 is 17.2 Å². The molecule has 2 rings (SSSR count). The first-order chi connectivity index (χ1) is 8.58. The van der Waals surface area contributed by atoms with Crippen molar-refractivity contribution < 1.29 is 9.59 Å². The fourth-order valence-electron chi connectivity index (χ4n) is 1.29. The Kier molecular flexibility index (Phi) is 3.78. The smallest absolute Gasteiger partial charge is 0.318 e. The monoisotopic (exact) mass is 282 g/mol. The number of fused-ring (bicyclic) bond motifs is 1. The molecule has 0 saturated heterocycles. The summed E-state index contributed by atoms with van der Waals surface area (Å²) < 4.78 is 0.932. The van der Waals surface area contributed by atoms with Crippen molar-refractivity contribution in [1.29, 1.82) is 0 Å². The lowest BCUT2D eigenvalue weighted by atomic mass is 10.4. The molecule has 6 nitrogen and oxygen atoms in total. The minimum Gasteiger partial charge on any atom is -0.351 e. The first-order valence-corrected chi connectivity index (χ1v) is 6.79. The normalized spacial score (nSPS) is 12.3. The number of rotatable bonds is 3. The summed E-state index contributed by atoms with van der Waals surface area (Å²) in [6, 6.07) is 1.04. The van der Waals surface area contributed by atoms with Crippen LogP contribution in [0.4, 0.5) is 4.79 Å². The standard InChI is InChI=1S/C10H10N4O2S2/c1-5(8(15)14-10(11)16)18-9-7-6(2-3-17-7)12-4-13-9/h2-5H,1H3,(H3,11,14,15,16). The molecule has 18 heavy (non-hydrogen) atoms. The van der Waals surface area contributed by atoms with E-state index in [1.54, 1.807) is 6.92 Å². The molecule has 1 unspecified atom stereocenters. The van der Waals surface area contributed by atoms with E-state index in [1.165, 1.54) is 29.4 Å². The van der Waals surface area contributed by atoms with Crippen LogP contribution in [0.2, 0.25) is 0 Å². The van der Waals surface area contributed by atoms with Crippen LogP contribution < -0.4 is 11.1 Å². The van der Waals surface area contributed by atoms with Gasteiger partial charge < -0.3 is 5.73 Å². The second-order valence-electron chi connectivity index (χ2n) is 3.43. The van der Waals surface area contributed by atoms with E-state index in [-0.39, 0.29) is 0 Å². The molecule has 0 radical (unpaired) electrons. The van der Waals surface area contributed by atoms with Crippen molar-refractivity contribution in [3.05, 3.63) is 17.8 Å². The summed E-state index contributed by atoms with van der Waals surface area (Å²) in [5.41, 5.74) is 5.74. The molecule has 0 fully saturated rings. The van der Waals surface area contributed by atoms with E-state index in [4.69, 9.17) is 5.73 Å². The van der Waals surface area contributed by atoms with Crippen LogP contribution in [0.15, 0.2) is 22.8 Å². The van der Waals surface area contributed by atoms with Gasteiger partial charge in [0.15, 0.2) is 0 Å². The molecule has 2 aromatic heterocycles. The number of carbonyl (C=O) groups is 2. The van der Waals surface area contributed by atoms with Gasteiger partial charge in [-0.15, -0.1) is 11.3 Å². The second kappa shape index (κ2) is 5.32. The number of aromatic nitrogens is 2. The molecule has 0 aromatic carbocycles. The van der Waals surface area contributed by atoms with Crippen LogP contribution in [0.3, 0.4) is 0 Å². The van der Waals surface area contributed by atoms with Gasteiger partial charge in [-0.1, -0.05) is 11.8 Å². The Morgan fingerprint density at radius 2 is 2.28 bits per heavy atom. The lowest BCUT2D eigenvalue weighted by Gasteiger charge is -2.09. The van der Waals surface area contributed by atoms with Gasteiger partial charge in [-0.25, -0.2) is 14.8 Å². The van der Waals surface area contributed by atoms with Crippen molar-refractivity contribution in [3.63, 3.8) is 0 Å². The summed E-state index contributed by atoms with van der Waals surface area (Å²) in [4.78, 5) is 30.4. The summed E-state index contributed by atoms with van der Waals surface area (Å²) >= 11 is 2.78. The minimum absolute atomic E-state index is 0.434. The van der Waals surface area contributed by atoms with Gasteiger partial charge in [0, 0.05) is 0 Å². The maximum absolute atomic E-state index is 11.6. The van der Waals surface area contributed by atoms with Gasteiger partial charge in [-0.3, -0.25) is 10.1 Å². The third-order valence-electron chi connectivity index (χ3n) is 2.11. The van der Waals surface area contributed by atoms with Gasteiger partial charge in [0.1, 0.15) is 11.4 Å². The topological polar surface area (TPSA) is 98.0 Å². The van der Waals surface area contributed by atoms with Gasteiger partial charge in [0.05, 0.1) is 15.5 Å². The highest BCUT2D eigenvalue weighted by atomic mass is 32.2. The van der Waals surface area contributed by atoms with E-state index >= 15 is 0 Å². The number of thiophene rings is 1. The molecular weight excluding hydrogens is 272 g/mol. The van der Waals surface area contributed by atoms with Crippen molar-refractivity contribution in [2.24, 2.45) is 5.73 Å². The molecule has 0 aliphatic carbocycles. The van der Waals surface area contributed by atoms with Crippen LogP contribution in [-0.2, 0) is 4.79 Å². The number of carbonyl (C=O) groups excluding carboxylic acids is 2. The second-order valence-corrected chi connectivity index (χ2v) is 5.67. The average Bonchev–Trinajstić information content (AvgIpc) is 2.77. The molecule has 1 atom stereocenters. The summed E-state index contributed by atoms with van der Waals surface area (Å²) in [5, 5.41) is 4.22. The highest BCUT2D eigenvalue weighted by Gasteiger charge is 2.18. The number of urea groups is 1. The summed E-state index contributed by atoms with van der Waals surface area (Å²) in [6.07, 6.45) is 1.45. The van der Waals surface area contributed by atoms with Crippen molar-refractivity contribution in [2.45, 2.75) is 17.2 Å². The first kappa shape index (κ1) is 12.8. The molecule has 3 amide bonds. The number of primary amides is 1. The van der Waals surface area contributed by atoms with Crippen LogP contribution in [-0.4, -0.2) is 27.2 Å². The Morgan fingerprint density at radius 1 is 1.50 bits per heavy atom. The Balaban J connectivity index is 2.16. The number of thioether (sulfide) groups is 1. The van der Waals surface area contributed by atoms with Crippen molar-refractivity contribution >= 4 is 45.3 Å². The van der Waals surface area contributed by atoms with E-state index in [0.29, 0.717) is 0 Å². The molecular formula is C10H10N4O2S2. The molecule has 0 saturated carbocycles. The van der Waals surface area contributed by atoms with Crippen LogP contribution in [0.25, 0.3) is 10.2 Å². The molecule has 94 valence electrons. The molecule has 3 N–H and O–H groups in total. The Bertz CT molecular complexity index is 598. The highest BCUT2D eigenvalue weighted by Crippen LogP contribution is 2.31. The number of nitrogens with one attached hydrogen (secondary N) is 1. The fraction of sp³-hybridized carbons (Fsp3) is 0.200. The minimum atomic E-state index is -0.851. The SMILES string of the molecule is CC(Sc1ncnc2ccsc12)C(=O)NC(N)=O. The lowest BCUT2D eigenvalue weighted by molar-refractivity contribution is -0.119. The third-order valence-corrected chi connectivity index (χ3v) is 4.25. The number of hydrogen-bond donors (Lipinski definition) is 2. The van der Waals surface area contributed by atoms with Crippen LogP contribution in [0.5, 0.6) is 0 Å². The molecule has 8 heteroatoms. The Labute approximate surface area is 111 Å². The van der Waals surface area contributed by atoms with Crippen molar-refractivity contribution in [1.82, 2.24) is 15.3 Å². The largest absolute Gasteiger partial charge is 0.351 e. The number of nitrogens with zero attached hydrogens (tertiary/aromatic N) is 2. The van der Waals surface area contributed by atoms with Crippen LogP contribution in [0, 0.1) is 0 Å². The van der Waals surface area contributed by atoms with Gasteiger partial charge in [-0.2, -0.15) is 0 Å². The van der Waals surface area contributed by atoms with Gasteiger partial charge in [0.25, 0.3) is 0 Å². The molecule has 0 aliphatic heterocycles. The molecule has 0 spiro atoms. The predicted octanol–water partition coefficient (Wildman–Crippen LogP) is 1.37. The number of amides is 3. The van der Waals surface area contributed by atoms with Gasteiger partial charge in [0.2, 0.25) is 5.91 Å². The first-order valence-electron chi connectivity index (χ1n) is 5.03. The molecule has 2 heterocycles. The van der Waals surface area contributed by atoms with E-state index in [0.717, 1.165) is 15.2 Å². The number of nitrogens with two attached hydrogens (primary N) is 1. The van der Waals surface area contributed by atoms with Gasteiger partial charge in [-0.05, 0) is 18.4 Å². The summed E-state index contributed by atoms with van der Waals surface area (Å²) in [5.74, 6) is -0.434. The third kappa shape index (κ3) is 2.77. The molecule has 0 bridgehead atoms. The molecule has 2 aromatic rings. The lowest BCUT2D eigenvalue weighted by Crippen LogP contribution is -2.39. The highest BCUT2D eigenvalue weighted by molar-refractivity contribution is 8.00. The van der Waals surface area contributed by atoms with Crippen molar-refractivity contribution in [3.8, 4) is 0 Å². The number of imide groups is 1. The van der Waals surface area contributed by atoms with E-state index in [1.807, 2.05) is 16.8 Å². The maximum atomic E-state index is 11.6. The van der Waals surface area contributed by atoms with E-state index in [9.17, 15) is 9.59 Å². The van der Waals surface area contributed by atoms with Gasteiger partial charge >= 0.3 is 6.03 Å². The zero-order chi connectivity index (χ0) is 13.1. The Morgan fingerprint density at radius 3 is 3.00 bits per heavy atom. The Hall–Kier alpha value is -1.67. The van der Waals surface area contributed by atoms with Crippen molar-refractivity contribution in [2.75, 3.05) is 0 Å². The summed E-state index contributed by atoms with van der Waals surface area (Å²) in [7, 11) is 0. The summed E-state index contributed by atoms with van der Waals surface area (Å²) in [6.45, 7) is 1.69.